The molecule has 1 saturated carbocycles. The standard InChI is InChI=1S/C26H33N7O4/c1-26(2,3)36-25(35)37-32-14-12-31(13-15-32)20-9-10-21(27-17-20)29-24-28-16-18-8-11-22(34)33(23(18)30-24)19-6-4-5-7-19/h8-11,16-17,19H,4-7,12-15H2,1-3H3,(H,27,28,29,30). The molecule has 0 aromatic carbocycles. The fourth-order valence-corrected chi connectivity index (χ4v) is 4.79. The lowest BCUT2D eigenvalue weighted by Crippen LogP contribution is -2.47. The number of anilines is 3. The van der Waals surface area contributed by atoms with Gasteiger partial charge in [0.1, 0.15) is 17.1 Å². The summed E-state index contributed by atoms with van der Waals surface area (Å²) in [6.45, 7) is 7.91. The van der Waals surface area contributed by atoms with E-state index >= 15 is 0 Å². The number of hydrogen-bond donors (Lipinski definition) is 1. The molecule has 0 atom stereocenters. The molecule has 1 aliphatic carbocycles. The molecule has 2 aliphatic rings. The van der Waals surface area contributed by atoms with Crippen LogP contribution in [0.25, 0.3) is 11.0 Å². The first-order valence-electron chi connectivity index (χ1n) is 12.8. The van der Waals surface area contributed by atoms with Crippen LogP contribution in [0.1, 0.15) is 52.5 Å². The summed E-state index contributed by atoms with van der Waals surface area (Å²) in [6.07, 6.45) is 7.10. The van der Waals surface area contributed by atoms with E-state index in [1.54, 1.807) is 50.4 Å². The summed E-state index contributed by atoms with van der Waals surface area (Å²) >= 11 is 0. The predicted octanol–water partition coefficient (Wildman–Crippen LogP) is 4.03. The quantitative estimate of drug-likeness (QED) is 0.508. The molecule has 0 bridgehead atoms. The molecule has 3 aromatic rings. The van der Waals surface area contributed by atoms with Crippen molar-refractivity contribution in [2.45, 2.75) is 58.1 Å². The lowest BCUT2D eigenvalue weighted by molar-refractivity contribution is -0.144. The number of piperazine rings is 1. The van der Waals surface area contributed by atoms with E-state index in [2.05, 4.69) is 25.2 Å². The zero-order chi connectivity index (χ0) is 26.0. The second-order valence-corrected chi connectivity index (χ2v) is 10.5. The highest BCUT2D eigenvalue weighted by molar-refractivity contribution is 5.75. The van der Waals surface area contributed by atoms with Gasteiger partial charge in [-0.15, -0.1) is 5.06 Å². The Morgan fingerprint density at radius 1 is 1.00 bits per heavy atom. The van der Waals surface area contributed by atoms with Crippen LogP contribution in [0, 0.1) is 0 Å². The van der Waals surface area contributed by atoms with E-state index in [1.807, 2.05) is 16.7 Å². The third-order valence-electron chi connectivity index (χ3n) is 6.54. The summed E-state index contributed by atoms with van der Waals surface area (Å²) in [5.74, 6) is 1.01. The predicted molar refractivity (Wildman–Crippen MR) is 140 cm³/mol. The summed E-state index contributed by atoms with van der Waals surface area (Å²) in [5, 5.41) is 5.63. The maximum atomic E-state index is 12.6. The molecular weight excluding hydrogens is 474 g/mol. The zero-order valence-electron chi connectivity index (χ0n) is 21.5. The van der Waals surface area contributed by atoms with Gasteiger partial charge in [-0.1, -0.05) is 12.8 Å². The Hall–Kier alpha value is -3.73. The van der Waals surface area contributed by atoms with Crippen LogP contribution in [0.4, 0.5) is 22.2 Å². The number of carbonyl (C=O) groups excluding carboxylic acids is 1. The number of nitrogens with zero attached hydrogens (tertiary/aromatic N) is 6. The second kappa shape index (κ2) is 10.3. The zero-order valence-corrected chi connectivity index (χ0v) is 21.5. The van der Waals surface area contributed by atoms with Crippen molar-refractivity contribution in [3.05, 3.63) is 47.0 Å². The Labute approximate surface area is 215 Å². The molecule has 5 rings (SSSR count). The van der Waals surface area contributed by atoms with Gasteiger partial charge in [-0.25, -0.2) is 14.8 Å². The SMILES string of the molecule is CC(C)(C)OC(=O)ON1CCN(c2ccc(Nc3ncc4ccc(=O)n(C5CCCC5)c4n3)nc2)CC1. The Kier molecular flexibility index (Phi) is 6.96. The molecule has 37 heavy (non-hydrogen) atoms. The molecule has 0 spiro atoms. The molecule has 1 aliphatic heterocycles. The lowest BCUT2D eigenvalue weighted by Gasteiger charge is -2.34. The first-order chi connectivity index (χ1) is 17.7. The topological polar surface area (TPSA) is 115 Å². The Morgan fingerprint density at radius 2 is 1.76 bits per heavy atom. The Morgan fingerprint density at radius 3 is 2.43 bits per heavy atom. The minimum atomic E-state index is -0.686. The second-order valence-electron chi connectivity index (χ2n) is 10.5. The molecule has 196 valence electrons. The van der Waals surface area contributed by atoms with Gasteiger partial charge in [-0.3, -0.25) is 9.36 Å². The van der Waals surface area contributed by atoms with Crippen LogP contribution in [0.2, 0.25) is 0 Å². The average molecular weight is 508 g/mol. The molecule has 2 fully saturated rings. The molecular formula is C26H33N7O4. The highest BCUT2D eigenvalue weighted by Crippen LogP contribution is 2.30. The molecule has 1 N–H and O–H groups in total. The van der Waals surface area contributed by atoms with Crippen LogP contribution in [0.5, 0.6) is 0 Å². The molecule has 3 aromatic heterocycles. The molecule has 0 amide bonds. The summed E-state index contributed by atoms with van der Waals surface area (Å²) in [6, 6.07) is 7.42. The number of rotatable bonds is 5. The third-order valence-corrected chi connectivity index (χ3v) is 6.54. The normalized spacial score (nSPS) is 17.2. The molecule has 11 heteroatoms. The van der Waals surface area contributed by atoms with Gasteiger partial charge >= 0.3 is 6.16 Å². The average Bonchev–Trinajstić information content (AvgIpc) is 3.38. The van der Waals surface area contributed by atoms with Gasteiger partial charge in [0.2, 0.25) is 5.95 Å². The van der Waals surface area contributed by atoms with Crippen molar-refractivity contribution in [3.8, 4) is 0 Å². The van der Waals surface area contributed by atoms with Gasteiger partial charge in [0.15, 0.2) is 0 Å². The van der Waals surface area contributed by atoms with Crippen molar-refractivity contribution in [1.82, 2.24) is 24.6 Å². The molecule has 11 nitrogen and oxygen atoms in total. The maximum Gasteiger partial charge on any atom is 0.528 e. The van der Waals surface area contributed by atoms with Crippen LogP contribution in [-0.4, -0.2) is 62.5 Å². The largest absolute Gasteiger partial charge is 0.528 e. The van der Waals surface area contributed by atoms with Gasteiger partial charge in [0.05, 0.1) is 25.0 Å². The minimum absolute atomic E-state index is 0.0249. The lowest BCUT2D eigenvalue weighted by atomic mass is 10.2. The maximum absolute atomic E-state index is 12.6. The number of ether oxygens (including phenoxy) is 1. The van der Waals surface area contributed by atoms with Crippen LogP contribution in [-0.2, 0) is 9.57 Å². The van der Waals surface area contributed by atoms with Crippen molar-refractivity contribution >= 4 is 34.6 Å². The van der Waals surface area contributed by atoms with Crippen molar-refractivity contribution in [2.24, 2.45) is 0 Å². The fraction of sp³-hybridized carbons (Fsp3) is 0.500. The van der Waals surface area contributed by atoms with Gasteiger partial charge in [-0.2, -0.15) is 4.98 Å². The fourth-order valence-electron chi connectivity index (χ4n) is 4.79. The Balaban J connectivity index is 1.22. The number of hydroxylamine groups is 2. The Bertz CT molecular complexity index is 1310. The number of pyridine rings is 2. The van der Waals surface area contributed by atoms with Crippen molar-refractivity contribution in [1.29, 1.82) is 0 Å². The highest BCUT2D eigenvalue weighted by atomic mass is 16.8. The monoisotopic (exact) mass is 507 g/mol. The molecule has 0 unspecified atom stereocenters. The van der Waals surface area contributed by atoms with Crippen LogP contribution < -0.4 is 15.8 Å². The molecule has 0 radical (unpaired) electrons. The van der Waals surface area contributed by atoms with Gasteiger partial charge in [0.25, 0.3) is 5.56 Å². The van der Waals surface area contributed by atoms with E-state index in [9.17, 15) is 9.59 Å². The summed E-state index contributed by atoms with van der Waals surface area (Å²) < 4.78 is 7.03. The van der Waals surface area contributed by atoms with E-state index < -0.39 is 11.8 Å². The highest BCUT2D eigenvalue weighted by Gasteiger charge is 2.24. The van der Waals surface area contributed by atoms with Gasteiger partial charge in [0, 0.05) is 36.8 Å². The number of hydrogen-bond acceptors (Lipinski definition) is 10. The summed E-state index contributed by atoms with van der Waals surface area (Å²) in [4.78, 5) is 45.6. The van der Waals surface area contributed by atoms with Crippen molar-refractivity contribution in [2.75, 3.05) is 36.4 Å². The van der Waals surface area contributed by atoms with E-state index in [4.69, 9.17) is 9.57 Å². The van der Waals surface area contributed by atoms with E-state index in [0.717, 1.165) is 36.8 Å². The van der Waals surface area contributed by atoms with E-state index in [0.29, 0.717) is 43.6 Å². The number of carbonyl (C=O) groups is 1. The van der Waals surface area contributed by atoms with Gasteiger partial charge in [-0.05, 0) is 51.8 Å². The van der Waals surface area contributed by atoms with Crippen LogP contribution >= 0.6 is 0 Å². The number of fused-ring (bicyclic) bond motifs is 1. The molecule has 1 saturated heterocycles. The first-order valence-corrected chi connectivity index (χ1v) is 12.8. The van der Waals surface area contributed by atoms with Crippen LogP contribution in [0.15, 0.2) is 41.5 Å². The van der Waals surface area contributed by atoms with Crippen molar-refractivity contribution < 1.29 is 14.4 Å². The third kappa shape index (κ3) is 5.99. The minimum Gasteiger partial charge on any atom is -0.427 e. The first kappa shape index (κ1) is 24.9. The smallest absolute Gasteiger partial charge is 0.427 e. The van der Waals surface area contributed by atoms with E-state index in [-0.39, 0.29) is 11.6 Å². The molecule has 4 heterocycles. The number of aromatic nitrogens is 4. The van der Waals surface area contributed by atoms with E-state index in [1.165, 1.54) is 0 Å². The summed E-state index contributed by atoms with van der Waals surface area (Å²) in [7, 11) is 0. The van der Waals surface area contributed by atoms with Crippen molar-refractivity contribution in [3.63, 3.8) is 0 Å². The number of nitrogens with one attached hydrogen (secondary N) is 1. The van der Waals surface area contributed by atoms with Gasteiger partial charge < -0.3 is 19.8 Å². The van der Waals surface area contributed by atoms with Crippen LogP contribution in [0.3, 0.4) is 0 Å². The summed E-state index contributed by atoms with van der Waals surface area (Å²) in [5.41, 5.74) is 1.01.